The van der Waals surface area contributed by atoms with Crippen molar-refractivity contribution in [1.29, 1.82) is 0 Å². The lowest BCUT2D eigenvalue weighted by Crippen LogP contribution is -2.09. The predicted octanol–water partition coefficient (Wildman–Crippen LogP) is 3.30. The molecule has 2 aliphatic carbocycles. The summed E-state index contributed by atoms with van der Waals surface area (Å²) in [5, 5.41) is 9.17. The molecule has 2 bridgehead atoms. The van der Waals surface area contributed by atoms with Crippen molar-refractivity contribution in [3.8, 4) is 0 Å². The van der Waals surface area contributed by atoms with Crippen molar-refractivity contribution in [1.82, 2.24) is 9.97 Å². The molecular weight excluding hydrogens is 259 g/mol. The van der Waals surface area contributed by atoms with Crippen molar-refractivity contribution in [2.45, 2.75) is 31.6 Å². The normalized spacial score (nSPS) is 28.4. The van der Waals surface area contributed by atoms with Crippen LogP contribution in [0.3, 0.4) is 0 Å². The number of benzene rings is 1. The van der Waals surface area contributed by atoms with Gasteiger partial charge in [-0.15, -0.1) is 0 Å². The van der Waals surface area contributed by atoms with Gasteiger partial charge in [0.05, 0.1) is 11.1 Å². The molecule has 3 atom stereocenters. The number of carboxylic acids is 1. The number of carboxylic acid groups (broad SMARTS) is 1. The minimum Gasteiger partial charge on any atom is -0.478 e. The van der Waals surface area contributed by atoms with Crippen molar-refractivity contribution in [2.24, 2.45) is 11.8 Å². The average Bonchev–Trinajstić information content (AvgIpc) is 3.10. The molecule has 2 fully saturated rings. The van der Waals surface area contributed by atoms with E-state index >= 15 is 0 Å². The first-order chi connectivity index (χ1) is 9.61. The van der Waals surface area contributed by atoms with E-state index in [9.17, 15) is 9.18 Å². The topological polar surface area (TPSA) is 66.0 Å². The quantitative estimate of drug-likeness (QED) is 0.883. The Balaban J connectivity index is 1.82. The van der Waals surface area contributed by atoms with E-state index in [1.165, 1.54) is 25.3 Å². The van der Waals surface area contributed by atoms with Gasteiger partial charge < -0.3 is 10.1 Å². The molecule has 5 heteroatoms. The standard InChI is InChI=1S/C15H15FN2O2/c16-9-5-11(15(19)20)13-12(6-9)17-14(18-13)10-4-7-1-2-8(10)3-7/h5-8,10H,1-4H2,(H,17,18)(H,19,20). The van der Waals surface area contributed by atoms with Crippen LogP contribution in [0.25, 0.3) is 11.0 Å². The Bertz CT molecular complexity index is 709. The van der Waals surface area contributed by atoms with E-state index < -0.39 is 11.8 Å². The zero-order chi connectivity index (χ0) is 13.9. The number of fused-ring (bicyclic) bond motifs is 3. The van der Waals surface area contributed by atoms with Gasteiger partial charge in [0.15, 0.2) is 0 Å². The second kappa shape index (κ2) is 4.04. The first kappa shape index (κ1) is 11.9. The number of hydrogen-bond acceptors (Lipinski definition) is 2. The van der Waals surface area contributed by atoms with Crippen LogP contribution in [0.4, 0.5) is 4.39 Å². The molecule has 2 saturated carbocycles. The summed E-state index contributed by atoms with van der Waals surface area (Å²) in [6.07, 6.45) is 4.90. The van der Waals surface area contributed by atoms with E-state index in [0.717, 1.165) is 24.2 Å². The summed E-state index contributed by atoms with van der Waals surface area (Å²) < 4.78 is 13.5. The lowest BCUT2D eigenvalue weighted by atomic mass is 9.88. The Morgan fingerprint density at radius 3 is 2.85 bits per heavy atom. The Kier molecular flexibility index (Phi) is 2.40. The van der Waals surface area contributed by atoms with E-state index in [1.807, 2.05) is 0 Å². The van der Waals surface area contributed by atoms with Gasteiger partial charge in [-0.2, -0.15) is 0 Å². The number of H-pyrrole nitrogens is 1. The van der Waals surface area contributed by atoms with E-state index in [1.54, 1.807) is 0 Å². The Hall–Kier alpha value is -1.91. The number of carbonyl (C=O) groups is 1. The summed E-state index contributed by atoms with van der Waals surface area (Å²) in [6.45, 7) is 0. The zero-order valence-corrected chi connectivity index (χ0v) is 10.9. The molecule has 4 rings (SSSR count). The summed E-state index contributed by atoms with van der Waals surface area (Å²) in [4.78, 5) is 18.8. The van der Waals surface area contributed by atoms with Crippen LogP contribution >= 0.6 is 0 Å². The van der Waals surface area contributed by atoms with Gasteiger partial charge in [-0.3, -0.25) is 0 Å². The van der Waals surface area contributed by atoms with Crippen LogP contribution in [0.1, 0.15) is 47.8 Å². The number of hydrogen-bond donors (Lipinski definition) is 2. The van der Waals surface area contributed by atoms with Crippen LogP contribution in [0.5, 0.6) is 0 Å². The third kappa shape index (κ3) is 1.65. The number of nitrogens with one attached hydrogen (secondary N) is 1. The Morgan fingerprint density at radius 2 is 2.20 bits per heavy atom. The van der Waals surface area contributed by atoms with Gasteiger partial charge in [-0.1, -0.05) is 6.42 Å². The van der Waals surface area contributed by atoms with E-state index in [4.69, 9.17) is 5.11 Å². The van der Waals surface area contributed by atoms with E-state index in [0.29, 0.717) is 22.9 Å². The molecule has 4 nitrogen and oxygen atoms in total. The van der Waals surface area contributed by atoms with Gasteiger partial charge in [-0.25, -0.2) is 14.2 Å². The van der Waals surface area contributed by atoms with Gasteiger partial charge in [0, 0.05) is 5.92 Å². The molecule has 2 N–H and O–H groups in total. The molecule has 1 aromatic heterocycles. The van der Waals surface area contributed by atoms with E-state index in [2.05, 4.69) is 9.97 Å². The fourth-order valence-electron chi connectivity index (χ4n) is 4.02. The number of aromatic nitrogens is 2. The molecule has 0 aliphatic heterocycles. The van der Waals surface area contributed by atoms with Crippen molar-refractivity contribution >= 4 is 17.0 Å². The highest BCUT2D eigenvalue weighted by molar-refractivity contribution is 6.01. The van der Waals surface area contributed by atoms with E-state index in [-0.39, 0.29) is 5.56 Å². The van der Waals surface area contributed by atoms with Gasteiger partial charge in [0.1, 0.15) is 17.2 Å². The molecule has 1 heterocycles. The number of halogens is 1. The molecular formula is C15H15FN2O2. The summed E-state index contributed by atoms with van der Waals surface area (Å²) >= 11 is 0. The minimum absolute atomic E-state index is 0.0642. The minimum atomic E-state index is -1.14. The molecule has 1 aromatic carbocycles. The first-order valence-electron chi connectivity index (χ1n) is 7.04. The molecule has 20 heavy (non-hydrogen) atoms. The fraction of sp³-hybridized carbons (Fsp3) is 0.467. The first-order valence-corrected chi connectivity index (χ1v) is 7.04. The van der Waals surface area contributed by atoms with Crippen molar-refractivity contribution in [3.05, 3.63) is 29.3 Å². The highest BCUT2D eigenvalue weighted by atomic mass is 19.1. The summed E-state index contributed by atoms with van der Waals surface area (Å²) in [5.74, 6) is 0.970. The number of rotatable bonds is 2. The third-order valence-electron chi connectivity index (χ3n) is 4.89. The van der Waals surface area contributed by atoms with Crippen molar-refractivity contribution < 1.29 is 14.3 Å². The van der Waals surface area contributed by atoms with Crippen LogP contribution in [0.15, 0.2) is 12.1 Å². The molecule has 2 aliphatic rings. The van der Waals surface area contributed by atoms with Gasteiger partial charge in [0.25, 0.3) is 0 Å². The molecule has 2 aromatic rings. The third-order valence-corrected chi connectivity index (χ3v) is 4.89. The second-order valence-electron chi connectivity index (χ2n) is 6.06. The highest BCUT2D eigenvalue weighted by Gasteiger charge is 2.41. The van der Waals surface area contributed by atoms with Crippen LogP contribution in [-0.4, -0.2) is 21.0 Å². The molecule has 0 amide bonds. The Labute approximate surface area is 115 Å². The number of nitrogens with zero attached hydrogens (tertiary/aromatic N) is 1. The predicted molar refractivity (Wildman–Crippen MR) is 71.2 cm³/mol. The van der Waals surface area contributed by atoms with Crippen LogP contribution < -0.4 is 0 Å². The molecule has 104 valence electrons. The average molecular weight is 274 g/mol. The summed E-state index contributed by atoms with van der Waals surface area (Å²) in [7, 11) is 0. The second-order valence-corrected chi connectivity index (χ2v) is 6.06. The largest absolute Gasteiger partial charge is 0.478 e. The van der Waals surface area contributed by atoms with Crippen LogP contribution in [0.2, 0.25) is 0 Å². The highest BCUT2D eigenvalue weighted by Crippen LogP contribution is 2.52. The number of aromatic amines is 1. The zero-order valence-electron chi connectivity index (χ0n) is 10.9. The summed E-state index contributed by atoms with van der Waals surface area (Å²) in [5.41, 5.74) is 0.794. The smallest absolute Gasteiger partial charge is 0.338 e. The van der Waals surface area contributed by atoms with Gasteiger partial charge in [-0.05, 0) is 43.2 Å². The molecule has 0 saturated heterocycles. The molecule has 3 unspecified atom stereocenters. The lowest BCUT2D eigenvalue weighted by Gasteiger charge is -2.18. The maximum absolute atomic E-state index is 13.5. The Morgan fingerprint density at radius 1 is 1.35 bits per heavy atom. The monoisotopic (exact) mass is 274 g/mol. The van der Waals surface area contributed by atoms with Gasteiger partial charge >= 0.3 is 5.97 Å². The number of imidazole rings is 1. The molecule has 0 spiro atoms. The van der Waals surface area contributed by atoms with Crippen LogP contribution in [0, 0.1) is 17.7 Å². The maximum atomic E-state index is 13.5. The van der Waals surface area contributed by atoms with Crippen LogP contribution in [-0.2, 0) is 0 Å². The lowest BCUT2D eigenvalue weighted by molar-refractivity contribution is 0.0698. The SMILES string of the molecule is O=C(O)c1cc(F)cc2[nH]c(C3CC4CCC3C4)nc12. The number of aromatic carboxylic acids is 1. The van der Waals surface area contributed by atoms with Crippen molar-refractivity contribution in [3.63, 3.8) is 0 Å². The van der Waals surface area contributed by atoms with Crippen molar-refractivity contribution in [2.75, 3.05) is 0 Å². The summed E-state index contributed by atoms with van der Waals surface area (Å²) in [6, 6.07) is 2.36. The van der Waals surface area contributed by atoms with Gasteiger partial charge in [0.2, 0.25) is 0 Å². The molecule has 0 radical (unpaired) electrons. The fourth-order valence-corrected chi connectivity index (χ4v) is 4.02. The maximum Gasteiger partial charge on any atom is 0.338 e.